The van der Waals surface area contributed by atoms with Gasteiger partial charge in [0, 0.05) is 5.54 Å². The number of hydrogen-bond donors (Lipinski definition) is 3. The number of rotatable bonds is 5. The average molecular weight is 428 g/mol. The summed E-state index contributed by atoms with van der Waals surface area (Å²) in [6, 6.07) is 7.85. The molecule has 160 valence electrons. The van der Waals surface area contributed by atoms with E-state index in [2.05, 4.69) is 23.6 Å². The summed E-state index contributed by atoms with van der Waals surface area (Å²) in [5.41, 5.74) is 0.920. The van der Waals surface area contributed by atoms with E-state index in [-0.39, 0.29) is 30.1 Å². The second kappa shape index (κ2) is 7.61. The Bertz CT molecular complexity index is 903. The Kier molecular flexibility index (Phi) is 5.06. The molecule has 1 aromatic carbocycles. The fourth-order valence-corrected chi connectivity index (χ4v) is 7.51. The van der Waals surface area contributed by atoms with Gasteiger partial charge in [-0.2, -0.15) is 0 Å². The first-order valence-electron chi connectivity index (χ1n) is 11.2. The van der Waals surface area contributed by atoms with Gasteiger partial charge >= 0.3 is 6.03 Å². The van der Waals surface area contributed by atoms with Crippen molar-refractivity contribution in [2.24, 2.45) is 17.8 Å². The third kappa shape index (κ3) is 3.85. The fourth-order valence-electron chi connectivity index (χ4n) is 6.40. The van der Waals surface area contributed by atoms with Crippen LogP contribution < -0.4 is 15.5 Å². The fraction of sp³-hybridized carbons (Fsp3) is 0.609. The van der Waals surface area contributed by atoms with Gasteiger partial charge in [-0.05, 0) is 75.3 Å². The van der Waals surface area contributed by atoms with E-state index in [1.54, 1.807) is 11.3 Å². The third-order valence-electron chi connectivity index (χ3n) is 7.53. The van der Waals surface area contributed by atoms with Gasteiger partial charge in [-0.15, -0.1) is 11.3 Å². The highest BCUT2D eigenvalue weighted by Gasteiger charge is 2.51. The molecular formula is C23H31N4O2S+. The number of para-hydroxylation sites is 1. The van der Waals surface area contributed by atoms with Gasteiger partial charge < -0.3 is 10.2 Å². The number of aromatic nitrogens is 1. The maximum Gasteiger partial charge on any atom is 0.322 e. The smallest absolute Gasteiger partial charge is 0.322 e. The molecule has 6 rings (SSSR count). The van der Waals surface area contributed by atoms with Gasteiger partial charge in [0.2, 0.25) is 0 Å². The summed E-state index contributed by atoms with van der Waals surface area (Å²) in [7, 11) is 1.98. The van der Waals surface area contributed by atoms with Gasteiger partial charge in [0.25, 0.3) is 5.91 Å². The van der Waals surface area contributed by atoms with E-state index in [0.29, 0.717) is 0 Å². The Balaban J connectivity index is 1.16. The van der Waals surface area contributed by atoms with E-state index in [9.17, 15) is 9.59 Å². The predicted octanol–water partition coefficient (Wildman–Crippen LogP) is 2.67. The number of carbonyl (C=O) groups is 2. The molecule has 4 aliphatic carbocycles. The summed E-state index contributed by atoms with van der Waals surface area (Å²) in [6.45, 7) is 2.32. The minimum atomic E-state index is -0.317. The predicted molar refractivity (Wildman–Crippen MR) is 117 cm³/mol. The number of hydrogen-bond acceptors (Lipinski definition) is 4. The van der Waals surface area contributed by atoms with Crippen molar-refractivity contribution in [3.63, 3.8) is 0 Å². The normalized spacial score (nSPS) is 31.5. The van der Waals surface area contributed by atoms with E-state index >= 15 is 0 Å². The largest absolute Gasteiger partial charge is 0.332 e. The number of imide groups is 1. The SMILES string of the molecule is C[C@H](c1nc2ccccc2s1)[NH+](C)CC(=O)NC(=O)NC12CC3CC(CC(C3)C1)C2. The number of benzene rings is 1. The minimum Gasteiger partial charge on any atom is -0.332 e. The standard InChI is InChI=1S/C23H30N4O2S/c1-14(21-24-18-5-3-4-6-19(18)30-21)27(2)13-20(28)25-22(29)26-23-10-15-7-16(11-23)9-17(8-15)12-23/h3-6,14-17H,7-13H2,1-2H3,(H2,25,26,28,29)/p+1/t14-,15?,16?,17?,23?/m1/s1. The highest BCUT2D eigenvalue weighted by Crippen LogP contribution is 2.55. The molecule has 0 saturated heterocycles. The summed E-state index contributed by atoms with van der Waals surface area (Å²) < 4.78 is 1.16. The van der Waals surface area contributed by atoms with Gasteiger partial charge in [-0.3, -0.25) is 10.1 Å². The van der Waals surface area contributed by atoms with Crippen LogP contribution in [0.4, 0.5) is 4.79 Å². The number of thiazole rings is 1. The van der Waals surface area contributed by atoms with Crippen molar-refractivity contribution in [3.05, 3.63) is 29.3 Å². The molecule has 3 N–H and O–H groups in total. The molecule has 4 aliphatic rings. The molecule has 4 fully saturated rings. The summed E-state index contributed by atoms with van der Waals surface area (Å²) in [5, 5.41) is 6.82. The highest BCUT2D eigenvalue weighted by atomic mass is 32.1. The number of amides is 3. The monoisotopic (exact) mass is 427 g/mol. The first kappa shape index (κ1) is 19.9. The van der Waals surface area contributed by atoms with Crippen LogP contribution in [-0.2, 0) is 4.79 Å². The van der Waals surface area contributed by atoms with Crippen LogP contribution in [0.2, 0.25) is 0 Å². The van der Waals surface area contributed by atoms with E-state index < -0.39 is 0 Å². The molecule has 3 amide bonds. The van der Waals surface area contributed by atoms with Crippen molar-refractivity contribution in [1.82, 2.24) is 15.6 Å². The number of carbonyl (C=O) groups excluding carboxylic acids is 2. The molecule has 2 atom stereocenters. The lowest BCUT2D eigenvalue weighted by Gasteiger charge is -2.56. The number of nitrogens with one attached hydrogen (secondary N) is 3. The minimum absolute atomic E-state index is 0.0772. The number of nitrogens with zero attached hydrogens (tertiary/aromatic N) is 1. The molecule has 0 spiro atoms. The van der Waals surface area contributed by atoms with Gasteiger partial charge in [0.05, 0.1) is 17.3 Å². The molecule has 0 radical (unpaired) electrons. The lowest BCUT2D eigenvalue weighted by molar-refractivity contribution is -0.902. The van der Waals surface area contributed by atoms with Crippen molar-refractivity contribution in [2.75, 3.05) is 13.6 Å². The molecule has 6 nitrogen and oxygen atoms in total. The van der Waals surface area contributed by atoms with Crippen LogP contribution in [0.15, 0.2) is 24.3 Å². The Morgan fingerprint density at radius 2 is 1.80 bits per heavy atom. The van der Waals surface area contributed by atoms with E-state index in [0.717, 1.165) is 57.1 Å². The Labute approximate surface area is 181 Å². The van der Waals surface area contributed by atoms with Gasteiger partial charge in [0.1, 0.15) is 6.04 Å². The molecule has 4 saturated carbocycles. The molecule has 7 heteroatoms. The number of urea groups is 1. The quantitative estimate of drug-likeness (QED) is 0.687. The lowest BCUT2D eigenvalue weighted by Crippen LogP contribution is -3.10. The highest BCUT2D eigenvalue weighted by molar-refractivity contribution is 7.18. The van der Waals surface area contributed by atoms with Crippen molar-refractivity contribution in [3.8, 4) is 0 Å². The molecule has 1 heterocycles. The van der Waals surface area contributed by atoms with Crippen LogP contribution >= 0.6 is 11.3 Å². The van der Waals surface area contributed by atoms with Crippen LogP contribution in [0.1, 0.15) is 56.5 Å². The van der Waals surface area contributed by atoms with E-state index in [1.807, 2.05) is 25.2 Å². The number of likely N-dealkylation sites (N-methyl/N-ethyl adjacent to an activating group) is 1. The third-order valence-corrected chi connectivity index (χ3v) is 8.75. The summed E-state index contributed by atoms with van der Waals surface area (Å²) >= 11 is 1.67. The van der Waals surface area contributed by atoms with E-state index in [1.165, 1.54) is 19.3 Å². The van der Waals surface area contributed by atoms with Crippen LogP contribution in [0.5, 0.6) is 0 Å². The van der Waals surface area contributed by atoms with Crippen molar-refractivity contribution >= 4 is 33.5 Å². The molecule has 1 aromatic heterocycles. The van der Waals surface area contributed by atoms with Crippen LogP contribution in [0, 0.1) is 17.8 Å². The molecule has 0 aliphatic heterocycles. The summed E-state index contributed by atoms with van der Waals surface area (Å²) in [5.74, 6) is 2.05. The van der Waals surface area contributed by atoms with Gasteiger partial charge in [-0.1, -0.05) is 12.1 Å². The average Bonchev–Trinajstić information content (AvgIpc) is 3.09. The second-order valence-corrected chi connectivity index (χ2v) is 11.0. The molecule has 4 bridgehead atoms. The zero-order chi connectivity index (χ0) is 20.9. The molecule has 2 aromatic rings. The molecule has 30 heavy (non-hydrogen) atoms. The van der Waals surface area contributed by atoms with Crippen LogP contribution in [0.25, 0.3) is 10.2 Å². The summed E-state index contributed by atoms with van der Waals surface area (Å²) in [6.07, 6.45) is 7.25. The Morgan fingerprint density at radius 1 is 1.17 bits per heavy atom. The Hall–Kier alpha value is -1.99. The van der Waals surface area contributed by atoms with Crippen LogP contribution in [-0.4, -0.2) is 36.1 Å². The molecule has 1 unspecified atom stereocenters. The van der Waals surface area contributed by atoms with Crippen LogP contribution in [0.3, 0.4) is 0 Å². The maximum atomic E-state index is 12.6. The molecular weight excluding hydrogens is 396 g/mol. The maximum absolute atomic E-state index is 12.6. The van der Waals surface area contributed by atoms with Gasteiger partial charge in [-0.25, -0.2) is 9.78 Å². The number of fused-ring (bicyclic) bond motifs is 1. The van der Waals surface area contributed by atoms with Crippen molar-refractivity contribution in [2.45, 2.75) is 57.0 Å². The van der Waals surface area contributed by atoms with E-state index in [4.69, 9.17) is 4.98 Å². The zero-order valence-electron chi connectivity index (χ0n) is 17.7. The Morgan fingerprint density at radius 3 is 2.43 bits per heavy atom. The number of quaternary nitrogens is 1. The second-order valence-electron chi connectivity index (χ2n) is 9.96. The summed E-state index contributed by atoms with van der Waals surface area (Å²) in [4.78, 5) is 30.9. The first-order chi connectivity index (χ1) is 14.4. The lowest BCUT2D eigenvalue weighted by atomic mass is 9.53. The topological polar surface area (TPSA) is 75.5 Å². The zero-order valence-corrected chi connectivity index (χ0v) is 18.6. The first-order valence-corrected chi connectivity index (χ1v) is 12.0. The van der Waals surface area contributed by atoms with Crippen molar-refractivity contribution < 1.29 is 14.5 Å². The van der Waals surface area contributed by atoms with Crippen molar-refractivity contribution in [1.29, 1.82) is 0 Å². The van der Waals surface area contributed by atoms with Gasteiger partial charge in [0.15, 0.2) is 11.6 Å².